The minimum absolute atomic E-state index is 0.172. The van der Waals surface area contributed by atoms with Gasteiger partial charge in [-0.05, 0) is 12.2 Å². The summed E-state index contributed by atoms with van der Waals surface area (Å²) in [6, 6.07) is 0. The molecular formula is C5H6N2S3. The summed E-state index contributed by atoms with van der Waals surface area (Å²) in [6.07, 6.45) is 1.85. The fourth-order valence-electron chi connectivity index (χ4n) is 0.445. The van der Waals surface area contributed by atoms with Gasteiger partial charge in [0.25, 0.3) is 0 Å². The van der Waals surface area contributed by atoms with Crippen molar-refractivity contribution in [1.82, 2.24) is 0 Å². The topological polar surface area (TPSA) is 24.7 Å². The molecule has 0 fully saturated rings. The molecule has 54 valence electrons. The third-order valence-electron chi connectivity index (χ3n) is 0.792. The lowest BCUT2D eigenvalue weighted by Gasteiger charge is -1.98. The zero-order chi connectivity index (χ0) is 7.40. The van der Waals surface area contributed by atoms with Crippen LogP contribution >= 0.6 is 35.7 Å². The highest BCUT2D eigenvalue weighted by Crippen LogP contribution is 2.31. The van der Waals surface area contributed by atoms with Crippen molar-refractivity contribution >= 4 is 40.1 Å². The highest BCUT2D eigenvalue weighted by atomic mass is 32.2. The average molecular weight is 190 g/mol. The van der Waals surface area contributed by atoms with Crippen molar-refractivity contribution < 1.29 is 0 Å². The number of azo groups is 1. The van der Waals surface area contributed by atoms with Crippen LogP contribution in [0.1, 0.15) is 0 Å². The second-order valence-corrected chi connectivity index (χ2v) is 4.65. The smallest absolute Gasteiger partial charge is 0.161 e. The van der Waals surface area contributed by atoms with Crippen molar-refractivity contribution in [3.63, 3.8) is 0 Å². The van der Waals surface area contributed by atoms with Crippen LogP contribution in [0.5, 0.6) is 0 Å². The molecule has 0 aromatic heterocycles. The van der Waals surface area contributed by atoms with Crippen LogP contribution in [0.4, 0.5) is 0 Å². The van der Waals surface area contributed by atoms with E-state index >= 15 is 0 Å². The Bertz CT molecular complexity index is 178. The van der Waals surface area contributed by atoms with Gasteiger partial charge >= 0.3 is 0 Å². The lowest BCUT2D eigenvalue weighted by atomic mass is 10.8. The minimum atomic E-state index is 0.172. The predicted molar refractivity (Wildman–Crippen MR) is 51.5 cm³/mol. The summed E-state index contributed by atoms with van der Waals surface area (Å²) < 4.78 is 0.812. The maximum absolute atomic E-state index is 4.81. The monoisotopic (exact) mass is 190 g/mol. The molecule has 1 atom stereocenters. The largest absolute Gasteiger partial charge is 0.184 e. The SMILES string of the molecule is C=CCSC1N=NC(=S)S1. The van der Waals surface area contributed by atoms with Gasteiger partial charge < -0.3 is 0 Å². The molecule has 0 bridgehead atoms. The molecule has 0 radical (unpaired) electrons. The van der Waals surface area contributed by atoms with E-state index in [-0.39, 0.29) is 4.71 Å². The first-order valence-corrected chi connectivity index (χ1v) is 5.00. The summed E-state index contributed by atoms with van der Waals surface area (Å²) in [5, 5.41) is 7.65. The normalized spacial score (nSPS) is 23.6. The number of hydrogen-bond acceptors (Lipinski definition) is 4. The zero-order valence-electron chi connectivity index (χ0n) is 5.19. The van der Waals surface area contributed by atoms with Crippen molar-refractivity contribution in [2.75, 3.05) is 5.75 Å². The number of thiocarbonyl (C=S) groups is 1. The Morgan fingerprint density at radius 3 is 3.20 bits per heavy atom. The van der Waals surface area contributed by atoms with E-state index in [9.17, 15) is 0 Å². The molecule has 0 saturated heterocycles. The summed E-state index contributed by atoms with van der Waals surface area (Å²) in [5.41, 5.74) is 0. The lowest BCUT2D eigenvalue weighted by molar-refractivity contribution is 1.16. The third kappa shape index (κ3) is 2.40. The van der Waals surface area contributed by atoms with Gasteiger partial charge in [0, 0.05) is 5.75 Å². The summed E-state index contributed by atoms with van der Waals surface area (Å²) in [5.74, 6) is 0.902. The van der Waals surface area contributed by atoms with Crippen LogP contribution in [0.2, 0.25) is 0 Å². The summed E-state index contributed by atoms with van der Waals surface area (Å²) in [7, 11) is 0. The van der Waals surface area contributed by atoms with Crippen molar-refractivity contribution in [3.8, 4) is 0 Å². The standard InChI is InChI=1S/C5H6N2S3/c1-2-3-9-5-7-6-4(8)10-5/h2,5H,1,3H2. The molecule has 0 saturated carbocycles. The molecule has 1 rings (SSSR count). The molecule has 0 aromatic carbocycles. The number of nitrogens with zero attached hydrogens (tertiary/aromatic N) is 2. The van der Waals surface area contributed by atoms with Crippen LogP contribution in [0.15, 0.2) is 22.9 Å². The van der Waals surface area contributed by atoms with Crippen molar-refractivity contribution in [3.05, 3.63) is 12.7 Å². The fourth-order valence-corrected chi connectivity index (χ4v) is 2.51. The number of thioether (sulfide) groups is 2. The minimum Gasteiger partial charge on any atom is -0.161 e. The first-order chi connectivity index (χ1) is 4.83. The van der Waals surface area contributed by atoms with E-state index in [2.05, 4.69) is 16.8 Å². The second kappa shape index (κ2) is 4.10. The van der Waals surface area contributed by atoms with Crippen molar-refractivity contribution in [2.24, 2.45) is 10.2 Å². The molecule has 10 heavy (non-hydrogen) atoms. The van der Waals surface area contributed by atoms with Gasteiger partial charge in [0.15, 0.2) is 9.03 Å². The summed E-state index contributed by atoms with van der Waals surface area (Å²) >= 11 is 8.01. The van der Waals surface area contributed by atoms with E-state index in [0.717, 1.165) is 5.75 Å². The molecule has 1 unspecified atom stereocenters. The molecule has 0 spiro atoms. The van der Waals surface area contributed by atoms with Crippen LogP contribution in [-0.2, 0) is 0 Å². The Hall–Kier alpha value is 0.130. The average Bonchev–Trinajstić information content (AvgIpc) is 2.31. The van der Waals surface area contributed by atoms with Gasteiger partial charge in [0.2, 0.25) is 0 Å². The highest BCUT2D eigenvalue weighted by Gasteiger charge is 2.16. The summed E-state index contributed by atoms with van der Waals surface area (Å²) in [6.45, 7) is 3.61. The summed E-state index contributed by atoms with van der Waals surface area (Å²) in [4.78, 5) is 0. The van der Waals surface area contributed by atoms with Gasteiger partial charge in [-0.1, -0.05) is 17.8 Å². The maximum Gasteiger partial charge on any atom is 0.184 e. The first kappa shape index (κ1) is 8.23. The zero-order valence-corrected chi connectivity index (χ0v) is 7.64. The van der Waals surface area contributed by atoms with E-state index in [1.807, 2.05) is 6.08 Å². The molecular weight excluding hydrogens is 184 g/mol. The maximum atomic E-state index is 4.81. The van der Waals surface area contributed by atoms with Crippen molar-refractivity contribution in [1.29, 1.82) is 0 Å². The molecule has 0 aliphatic carbocycles. The molecule has 1 aliphatic heterocycles. The molecule has 2 nitrogen and oxygen atoms in total. The molecule has 0 N–H and O–H groups in total. The second-order valence-electron chi connectivity index (χ2n) is 1.53. The van der Waals surface area contributed by atoms with Gasteiger partial charge in [-0.2, -0.15) is 5.11 Å². The molecule has 1 aliphatic rings. The molecule has 1 heterocycles. The third-order valence-corrected chi connectivity index (χ3v) is 3.25. The highest BCUT2D eigenvalue weighted by molar-refractivity contribution is 8.30. The van der Waals surface area contributed by atoms with E-state index in [1.165, 1.54) is 11.8 Å². The van der Waals surface area contributed by atoms with E-state index in [1.54, 1.807) is 11.8 Å². The van der Waals surface area contributed by atoms with Gasteiger partial charge in [0.1, 0.15) is 0 Å². The molecule has 0 amide bonds. The molecule has 0 aromatic rings. The van der Waals surface area contributed by atoms with Crippen LogP contribution in [-0.4, -0.2) is 14.8 Å². The Labute approximate surface area is 73.6 Å². The van der Waals surface area contributed by atoms with Crippen LogP contribution < -0.4 is 0 Å². The van der Waals surface area contributed by atoms with E-state index in [0.29, 0.717) is 4.32 Å². The Balaban J connectivity index is 2.26. The fraction of sp³-hybridized carbons (Fsp3) is 0.400. The van der Waals surface area contributed by atoms with Crippen LogP contribution in [0, 0.1) is 0 Å². The van der Waals surface area contributed by atoms with E-state index in [4.69, 9.17) is 12.2 Å². The predicted octanol–water partition coefficient (Wildman–Crippen LogP) is 2.67. The van der Waals surface area contributed by atoms with E-state index < -0.39 is 0 Å². The van der Waals surface area contributed by atoms with Gasteiger partial charge in [-0.15, -0.1) is 23.5 Å². The first-order valence-electron chi connectivity index (χ1n) is 2.67. The van der Waals surface area contributed by atoms with Crippen LogP contribution in [0.25, 0.3) is 0 Å². The lowest BCUT2D eigenvalue weighted by Crippen LogP contribution is -1.87. The molecule has 5 heteroatoms. The van der Waals surface area contributed by atoms with Crippen molar-refractivity contribution in [2.45, 2.75) is 4.71 Å². The van der Waals surface area contributed by atoms with Gasteiger partial charge in [0.05, 0.1) is 0 Å². The quantitative estimate of drug-likeness (QED) is 0.505. The number of rotatable bonds is 3. The Morgan fingerprint density at radius 1 is 1.90 bits per heavy atom. The van der Waals surface area contributed by atoms with Gasteiger partial charge in [-0.25, -0.2) is 0 Å². The van der Waals surface area contributed by atoms with Gasteiger partial charge in [-0.3, -0.25) is 0 Å². The Morgan fingerprint density at radius 2 is 2.70 bits per heavy atom. The number of hydrogen-bond donors (Lipinski definition) is 0. The van der Waals surface area contributed by atoms with Crippen LogP contribution in [0.3, 0.4) is 0 Å². The Kier molecular flexibility index (Phi) is 3.37.